The van der Waals surface area contributed by atoms with E-state index >= 15 is 0 Å². The van der Waals surface area contributed by atoms with Crippen LogP contribution in [0.3, 0.4) is 0 Å². The molecule has 1 amide bonds. The number of hydrogen-bond acceptors (Lipinski definition) is 3. The van der Waals surface area contributed by atoms with Crippen molar-refractivity contribution >= 4 is 11.9 Å². The number of benzene rings is 1. The predicted octanol–water partition coefficient (Wildman–Crippen LogP) is 0.839. The molecule has 0 saturated carbocycles. The van der Waals surface area contributed by atoms with Crippen LogP contribution in [0.5, 0.6) is 0 Å². The maximum absolute atomic E-state index is 13.6. The highest BCUT2D eigenvalue weighted by molar-refractivity contribution is 5.95. The molecule has 0 aliphatic carbocycles. The minimum Gasteiger partial charge on any atom is -0.479 e. The Morgan fingerprint density at radius 3 is 2.58 bits per heavy atom. The highest BCUT2D eigenvalue weighted by atomic mass is 19.1. The lowest BCUT2D eigenvalue weighted by molar-refractivity contribution is -0.146. The highest BCUT2D eigenvalue weighted by Crippen LogP contribution is 2.16. The molecule has 7 heteroatoms. The predicted molar refractivity (Wildman–Crippen MR) is 61.7 cm³/mol. The molecular formula is C12H13F2NO4. The normalized spacial score (nSPS) is 12.0. The number of carbonyl (C=O) groups excluding carboxylic acids is 1. The van der Waals surface area contributed by atoms with E-state index in [1.54, 1.807) is 0 Å². The van der Waals surface area contributed by atoms with E-state index in [-0.39, 0.29) is 18.5 Å². The van der Waals surface area contributed by atoms with Crippen molar-refractivity contribution in [3.05, 3.63) is 34.9 Å². The van der Waals surface area contributed by atoms with E-state index in [2.05, 4.69) is 5.32 Å². The van der Waals surface area contributed by atoms with E-state index in [1.165, 1.54) is 13.0 Å². The number of carbonyl (C=O) groups is 2. The van der Waals surface area contributed by atoms with Crippen LogP contribution in [0.15, 0.2) is 12.1 Å². The molecule has 3 N–H and O–H groups in total. The van der Waals surface area contributed by atoms with E-state index in [1.807, 2.05) is 0 Å². The van der Waals surface area contributed by atoms with Crippen LogP contribution in [0.25, 0.3) is 0 Å². The number of aryl methyl sites for hydroxylation is 1. The first-order chi connectivity index (χ1) is 8.84. The fraction of sp³-hybridized carbons (Fsp3) is 0.333. The monoisotopic (exact) mass is 273 g/mol. The lowest BCUT2D eigenvalue weighted by atomic mass is 10.1. The van der Waals surface area contributed by atoms with Crippen LogP contribution < -0.4 is 5.32 Å². The van der Waals surface area contributed by atoms with Gasteiger partial charge < -0.3 is 15.5 Å². The number of aliphatic hydroxyl groups excluding tert-OH is 1. The molecule has 1 unspecified atom stereocenters. The largest absolute Gasteiger partial charge is 0.479 e. The summed E-state index contributed by atoms with van der Waals surface area (Å²) in [4.78, 5) is 21.9. The summed E-state index contributed by atoms with van der Waals surface area (Å²) in [6.07, 6.45) is -1.89. The van der Waals surface area contributed by atoms with E-state index in [4.69, 9.17) is 10.2 Å². The first-order valence-electron chi connectivity index (χ1n) is 5.48. The van der Waals surface area contributed by atoms with Gasteiger partial charge in [0.25, 0.3) is 5.91 Å². The van der Waals surface area contributed by atoms with Crippen molar-refractivity contribution < 1.29 is 28.6 Å². The summed E-state index contributed by atoms with van der Waals surface area (Å²) in [5, 5.41) is 19.5. The minimum absolute atomic E-state index is 0.122. The molecule has 0 heterocycles. The van der Waals surface area contributed by atoms with Gasteiger partial charge in [-0.2, -0.15) is 0 Å². The number of hydrogen-bond donors (Lipinski definition) is 3. The number of halogens is 2. The van der Waals surface area contributed by atoms with Crippen LogP contribution in [-0.2, 0) is 4.79 Å². The Morgan fingerprint density at radius 2 is 2.00 bits per heavy atom. The molecule has 104 valence electrons. The Morgan fingerprint density at radius 1 is 1.37 bits per heavy atom. The fourth-order valence-electron chi connectivity index (χ4n) is 1.40. The van der Waals surface area contributed by atoms with Crippen LogP contribution in [-0.4, -0.2) is 34.7 Å². The van der Waals surface area contributed by atoms with Gasteiger partial charge in [0.2, 0.25) is 0 Å². The zero-order chi connectivity index (χ0) is 14.6. The van der Waals surface area contributed by atoms with Crippen molar-refractivity contribution in [2.45, 2.75) is 19.4 Å². The Bertz CT molecular complexity index is 505. The summed E-state index contributed by atoms with van der Waals surface area (Å²) in [5.41, 5.74) is -0.595. The second-order valence-electron chi connectivity index (χ2n) is 3.95. The van der Waals surface area contributed by atoms with Crippen LogP contribution in [0, 0.1) is 18.6 Å². The highest BCUT2D eigenvalue weighted by Gasteiger charge is 2.19. The number of aliphatic carboxylic acids is 1. The Balaban J connectivity index is 2.69. The van der Waals surface area contributed by atoms with Gasteiger partial charge in [-0.3, -0.25) is 4.79 Å². The van der Waals surface area contributed by atoms with Gasteiger partial charge in [0.15, 0.2) is 6.10 Å². The molecule has 0 spiro atoms. The molecule has 19 heavy (non-hydrogen) atoms. The van der Waals surface area contributed by atoms with Gasteiger partial charge in [-0.1, -0.05) is 6.07 Å². The van der Waals surface area contributed by atoms with Crippen molar-refractivity contribution in [2.24, 2.45) is 0 Å². The number of carboxylic acids is 1. The molecule has 0 fully saturated rings. The van der Waals surface area contributed by atoms with Crippen molar-refractivity contribution in [3.8, 4) is 0 Å². The van der Waals surface area contributed by atoms with Gasteiger partial charge in [0, 0.05) is 13.0 Å². The third-order valence-corrected chi connectivity index (χ3v) is 2.50. The summed E-state index contributed by atoms with van der Waals surface area (Å²) < 4.78 is 26.9. The average molecular weight is 273 g/mol. The molecule has 0 aliphatic heterocycles. The summed E-state index contributed by atoms with van der Waals surface area (Å²) in [7, 11) is 0. The lowest BCUT2D eigenvalue weighted by Crippen LogP contribution is -2.31. The van der Waals surface area contributed by atoms with Crippen molar-refractivity contribution in [2.75, 3.05) is 6.54 Å². The van der Waals surface area contributed by atoms with Gasteiger partial charge in [-0.25, -0.2) is 13.6 Å². The molecule has 1 aromatic carbocycles. The van der Waals surface area contributed by atoms with Gasteiger partial charge in [0.05, 0.1) is 0 Å². The maximum atomic E-state index is 13.6. The number of aliphatic hydroxyl groups is 1. The van der Waals surface area contributed by atoms with Gasteiger partial charge in [-0.05, 0) is 18.6 Å². The Kier molecular flexibility index (Phi) is 4.94. The summed E-state index contributed by atoms with van der Waals surface area (Å²) in [5.74, 6) is -4.38. The number of nitrogens with one attached hydrogen (secondary N) is 1. The standard InChI is InChI=1S/C12H13F2NO4/c1-6-2-3-7(13)9(10(6)14)11(17)15-5-4-8(16)12(18)19/h2-3,8,16H,4-5H2,1H3,(H,15,17)(H,18,19). The van der Waals surface area contributed by atoms with E-state index in [0.717, 1.165) is 6.07 Å². The second-order valence-corrected chi connectivity index (χ2v) is 3.95. The smallest absolute Gasteiger partial charge is 0.332 e. The first-order valence-corrected chi connectivity index (χ1v) is 5.48. The third kappa shape index (κ3) is 3.72. The number of amides is 1. The summed E-state index contributed by atoms with van der Waals surface area (Å²) in [6.45, 7) is 1.18. The van der Waals surface area contributed by atoms with Crippen LogP contribution in [0.4, 0.5) is 8.78 Å². The minimum atomic E-state index is -1.63. The molecule has 5 nitrogen and oxygen atoms in total. The third-order valence-electron chi connectivity index (χ3n) is 2.50. The molecule has 0 aromatic heterocycles. The molecule has 0 aliphatic rings. The summed E-state index contributed by atoms with van der Waals surface area (Å²) in [6, 6.07) is 2.18. The maximum Gasteiger partial charge on any atom is 0.332 e. The summed E-state index contributed by atoms with van der Waals surface area (Å²) >= 11 is 0. The number of carboxylic acid groups (broad SMARTS) is 1. The zero-order valence-corrected chi connectivity index (χ0v) is 10.1. The van der Waals surface area contributed by atoms with Gasteiger partial charge >= 0.3 is 5.97 Å². The van der Waals surface area contributed by atoms with Crippen LogP contribution in [0.2, 0.25) is 0 Å². The molecule has 0 saturated heterocycles. The second kappa shape index (κ2) is 6.24. The average Bonchev–Trinajstić information content (AvgIpc) is 2.34. The SMILES string of the molecule is Cc1ccc(F)c(C(=O)NCCC(O)C(=O)O)c1F. The van der Waals surface area contributed by atoms with Gasteiger partial charge in [0.1, 0.15) is 17.2 Å². The number of rotatable bonds is 5. The molecule has 1 aromatic rings. The molecule has 1 atom stereocenters. The Labute approximate surface area is 107 Å². The molecule has 1 rings (SSSR count). The Hall–Kier alpha value is -2.02. The van der Waals surface area contributed by atoms with E-state index in [9.17, 15) is 18.4 Å². The topological polar surface area (TPSA) is 86.6 Å². The first kappa shape index (κ1) is 15.0. The van der Waals surface area contributed by atoms with E-state index < -0.39 is 35.2 Å². The molecule has 0 bridgehead atoms. The lowest BCUT2D eigenvalue weighted by Gasteiger charge is -2.09. The van der Waals surface area contributed by atoms with Crippen molar-refractivity contribution in [1.29, 1.82) is 0 Å². The molecule has 0 radical (unpaired) electrons. The van der Waals surface area contributed by atoms with Crippen molar-refractivity contribution in [3.63, 3.8) is 0 Å². The molecular weight excluding hydrogens is 260 g/mol. The zero-order valence-electron chi connectivity index (χ0n) is 10.1. The van der Waals surface area contributed by atoms with Crippen LogP contribution >= 0.6 is 0 Å². The van der Waals surface area contributed by atoms with E-state index in [0.29, 0.717) is 0 Å². The van der Waals surface area contributed by atoms with Crippen molar-refractivity contribution in [1.82, 2.24) is 5.32 Å². The van der Waals surface area contributed by atoms with Crippen LogP contribution in [0.1, 0.15) is 22.3 Å². The van der Waals surface area contributed by atoms with Gasteiger partial charge in [-0.15, -0.1) is 0 Å². The fourth-order valence-corrected chi connectivity index (χ4v) is 1.40. The quantitative estimate of drug-likeness (QED) is 0.742.